The van der Waals surface area contributed by atoms with E-state index in [1.165, 1.54) is 0 Å². The van der Waals surface area contributed by atoms with Crippen LogP contribution in [0.15, 0.2) is 0 Å². The molecule has 10 nitrogen and oxygen atoms in total. The average Bonchev–Trinajstić information content (AvgIpc) is 2.59. The van der Waals surface area contributed by atoms with Crippen LogP contribution in [0.5, 0.6) is 0 Å². The van der Waals surface area contributed by atoms with Gasteiger partial charge in [-0.2, -0.15) is 0 Å². The second-order valence-electron chi connectivity index (χ2n) is 5.09. The number of unbranched alkanes of at least 4 members (excludes halogenated alkanes) is 2. The summed E-state index contributed by atoms with van der Waals surface area (Å²) in [6, 6.07) is 0. The number of aliphatic hydroxyl groups is 2. The number of rotatable bonds is 14. The zero-order valence-electron chi connectivity index (χ0n) is 14.7. The number of carbonyl (C=O) groups excluding carboxylic acids is 2. The van der Waals surface area contributed by atoms with Crippen LogP contribution in [-0.2, 0) is 28.7 Å². The Hall–Kier alpha value is -2.20. The second-order valence-corrected chi connectivity index (χ2v) is 5.09. The molecule has 0 aliphatic heterocycles. The normalized spacial score (nSPS) is 9.62. The lowest BCUT2D eigenvalue weighted by Gasteiger charge is -2.06. The number of carboxylic acids is 2. The Kier molecular flexibility index (Phi) is 19.2. The highest BCUT2D eigenvalue weighted by atomic mass is 16.6. The van der Waals surface area contributed by atoms with Crippen LogP contribution in [0.3, 0.4) is 0 Å². The molecule has 0 amide bonds. The van der Waals surface area contributed by atoms with Gasteiger partial charge in [-0.3, -0.25) is 19.2 Å². The van der Waals surface area contributed by atoms with Crippen molar-refractivity contribution in [1.29, 1.82) is 0 Å². The third-order valence-corrected chi connectivity index (χ3v) is 2.75. The molecule has 10 heteroatoms. The fraction of sp³-hybridized carbons (Fsp3) is 0.750. The predicted molar refractivity (Wildman–Crippen MR) is 88.3 cm³/mol. The molecule has 0 aromatic heterocycles. The van der Waals surface area contributed by atoms with Crippen LogP contribution < -0.4 is 0 Å². The molecule has 0 heterocycles. The Morgan fingerprint density at radius 3 is 1.15 bits per heavy atom. The molecule has 0 saturated heterocycles. The SMILES string of the molecule is O=C(O)CCCCC(=O)OCCOC(=O)CCCCC(=O)O.OCCO. The fourth-order valence-electron chi connectivity index (χ4n) is 1.55. The lowest BCUT2D eigenvalue weighted by Crippen LogP contribution is -2.13. The van der Waals surface area contributed by atoms with E-state index < -0.39 is 23.9 Å². The summed E-state index contributed by atoms with van der Waals surface area (Å²) < 4.78 is 9.63. The van der Waals surface area contributed by atoms with Gasteiger partial charge >= 0.3 is 23.9 Å². The van der Waals surface area contributed by atoms with Crippen LogP contribution in [0, 0.1) is 0 Å². The van der Waals surface area contributed by atoms with Gasteiger partial charge < -0.3 is 29.9 Å². The van der Waals surface area contributed by atoms with Crippen molar-refractivity contribution in [3.8, 4) is 0 Å². The molecular formula is C16H28O10. The van der Waals surface area contributed by atoms with Crippen LogP contribution in [-0.4, -0.2) is 70.7 Å². The summed E-state index contributed by atoms with van der Waals surface area (Å²) in [6.07, 6.45) is 2.01. The van der Waals surface area contributed by atoms with Gasteiger partial charge in [0.25, 0.3) is 0 Å². The van der Waals surface area contributed by atoms with E-state index in [2.05, 4.69) is 0 Å². The van der Waals surface area contributed by atoms with Crippen LogP contribution in [0.4, 0.5) is 0 Å². The zero-order valence-corrected chi connectivity index (χ0v) is 14.7. The molecule has 152 valence electrons. The molecule has 4 N–H and O–H groups in total. The molecule has 0 bridgehead atoms. The van der Waals surface area contributed by atoms with Crippen molar-refractivity contribution >= 4 is 23.9 Å². The van der Waals surface area contributed by atoms with Gasteiger partial charge in [0.15, 0.2) is 0 Å². The smallest absolute Gasteiger partial charge is 0.305 e. The van der Waals surface area contributed by atoms with E-state index in [1.807, 2.05) is 0 Å². The Labute approximate surface area is 151 Å². The molecule has 0 aliphatic rings. The first-order chi connectivity index (χ1) is 12.3. The van der Waals surface area contributed by atoms with Gasteiger partial charge in [-0.05, 0) is 25.7 Å². The second kappa shape index (κ2) is 19.1. The Morgan fingerprint density at radius 2 is 0.885 bits per heavy atom. The number of aliphatic hydroxyl groups excluding tert-OH is 2. The summed E-state index contributed by atoms with van der Waals surface area (Å²) in [6.45, 7) is -0.336. The summed E-state index contributed by atoms with van der Waals surface area (Å²) >= 11 is 0. The van der Waals surface area contributed by atoms with Gasteiger partial charge in [-0.1, -0.05) is 0 Å². The number of esters is 2. The van der Waals surface area contributed by atoms with E-state index in [0.717, 1.165) is 0 Å². The minimum atomic E-state index is -0.899. The minimum absolute atomic E-state index is 0.0206. The highest BCUT2D eigenvalue weighted by molar-refractivity contribution is 5.70. The van der Waals surface area contributed by atoms with Gasteiger partial charge in [0, 0.05) is 25.7 Å². The van der Waals surface area contributed by atoms with Crippen LogP contribution >= 0.6 is 0 Å². The van der Waals surface area contributed by atoms with Crippen molar-refractivity contribution < 1.29 is 49.1 Å². The third kappa shape index (κ3) is 24.1. The molecule has 0 atom stereocenters. The van der Waals surface area contributed by atoms with Crippen molar-refractivity contribution in [2.24, 2.45) is 0 Å². The molecule has 0 rings (SSSR count). The molecule has 0 aromatic rings. The maximum absolute atomic E-state index is 11.2. The molecule has 0 saturated carbocycles. The summed E-state index contributed by atoms with van der Waals surface area (Å²) in [7, 11) is 0. The molecule has 0 aromatic carbocycles. The highest BCUT2D eigenvalue weighted by Gasteiger charge is 2.06. The molecule has 0 aliphatic carbocycles. The number of ether oxygens (including phenoxy) is 2. The van der Waals surface area contributed by atoms with Gasteiger partial charge in [-0.25, -0.2) is 0 Å². The number of carboxylic acid groups (broad SMARTS) is 2. The first kappa shape index (κ1) is 26.0. The van der Waals surface area contributed by atoms with Gasteiger partial charge in [0.1, 0.15) is 13.2 Å². The van der Waals surface area contributed by atoms with Gasteiger partial charge in [0.05, 0.1) is 13.2 Å². The number of hydrogen-bond acceptors (Lipinski definition) is 8. The topological polar surface area (TPSA) is 168 Å². The largest absolute Gasteiger partial charge is 0.481 e. The van der Waals surface area contributed by atoms with Crippen molar-refractivity contribution in [1.82, 2.24) is 0 Å². The maximum atomic E-state index is 11.2. The first-order valence-electron chi connectivity index (χ1n) is 8.30. The summed E-state index contributed by atoms with van der Waals surface area (Å²) in [4.78, 5) is 43.0. The maximum Gasteiger partial charge on any atom is 0.305 e. The van der Waals surface area contributed by atoms with Gasteiger partial charge in [0.2, 0.25) is 0 Å². The average molecular weight is 380 g/mol. The highest BCUT2D eigenvalue weighted by Crippen LogP contribution is 2.03. The monoisotopic (exact) mass is 380 g/mol. The quantitative estimate of drug-likeness (QED) is 0.243. The predicted octanol–water partition coefficient (Wildman–Crippen LogP) is 0.334. The lowest BCUT2D eigenvalue weighted by atomic mass is 10.2. The lowest BCUT2D eigenvalue weighted by molar-refractivity contribution is -0.152. The van der Waals surface area contributed by atoms with Crippen LogP contribution in [0.25, 0.3) is 0 Å². The molecule has 26 heavy (non-hydrogen) atoms. The van der Waals surface area contributed by atoms with Crippen molar-refractivity contribution in [2.75, 3.05) is 26.4 Å². The standard InChI is InChI=1S/C14H22O8.C2H6O2/c15-11(16)5-1-3-7-13(19)21-9-10-22-14(20)8-4-2-6-12(17)18;3-1-2-4/h1-10H2,(H,15,16)(H,17,18);3-4H,1-2H2. The number of aliphatic carboxylic acids is 2. The van der Waals surface area contributed by atoms with Gasteiger partial charge in [-0.15, -0.1) is 0 Å². The van der Waals surface area contributed by atoms with Crippen molar-refractivity contribution in [3.63, 3.8) is 0 Å². The summed E-state index contributed by atoms with van der Waals surface area (Å²) in [5.41, 5.74) is 0. The Morgan fingerprint density at radius 1 is 0.577 bits per heavy atom. The zero-order chi connectivity index (χ0) is 20.2. The Bertz CT molecular complexity index is 370. The molecule has 0 fully saturated rings. The van der Waals surface area contributed by atoms with E-state index in [9.17, 15) is 19.2 Å². The molecule has 0 unspecified atom stereocenters. The van der Waals surface area contributed by atoms with Crippen molar-refractivity contribution in [3.05, 3.63) is 0 Å². The summed E-state index contributed by atoms with van der Waals surface area (Å²) in [5.74, 6) is -2.71. The van der Waals surface area contributed by atoms with Crippen LogP contribution in [0.2, 0.25) is 0 Å². The van der Waals surface area contributed by atoms with E-state index in [4.69, 9.17) is 29.9 Å². The third-order valence-electron chi connectivity index (χ3n) is 2.75. The number of hydrogen-bond donors (Lipinski definition) is 4. The van der Waals surface area contributed by atoms with Crippen molar-refractivity contribution in [2.45, 2.75) is 51.4 Å². The van der Waals surface area contributed by atoms with Crippen LogP contribution in [0.1, 0.15) is 51.4 Å². The fourth-order valence-corrected chi connectivity index (χ4v) is 1.55. The Balaban J connectivity index is 0. The van der Waals surface area contributed by atoms with E-state index in [1.54, 1.807) is 0 Å². The first-order valence-corrected chi connectivity index (χ1v) is 8.30. The molecule has 0 spiro atoms. The summed E-state index contributed by atoms with van der Waals surface area (Å²) in [5, 5.41) is 32.1. The molecular weight excluding hydrogens is 352 g/mol. The molecule has 0 radical (unpaired) electrons. The van der Waals surface area contributed by atoms with E-state index in [-0.39, 0.29) is 52.1 Å². The number of carbonyl (C=O) groups is 4. The minimum Gasteiger partial charge on any atom is -0.481 e. The van der Waals surface area contributed by atoms with E-state index >= 15 is 0 Å². The van der Waals surface area contributed by atoms with E-state index in [0.29, 0.717) is 25.7 Å².